The second kappa shape index (κ2) is 9.02. The molecule has 0 bridgehead atoms. The van der Waals surface area contributed by atoms with Crippen molar-refractivity contribution in [1.29, 1.82) is 5.26 Å². The van der Waals surface area contributed by atoms with Gasteiger partial charge in [-0.1, -0.05) is 99.6 Å². The third kappa shape index (κ3) is 6.65. The molecular weight excluding hydrogens is 338 g/mol. The Bertz CT molecular complexity index is 635. The molecule has 0 aromatic rings. The molecule has 0 aromatic heterocycles. The molecule has 0 amide bonds. The van der Waals surface area contributed by atoms with Crippen LogP contribution in [0.3, 0.4) is 0 Å². The van der Waals surface area contributed by atoms with E-state index in [4.69, 9.17) is 0 Å². The Labute approximate surface area is 176 Å². The topological polar surface area (TPSA) is 23.8 Å². The average Bonchev–Trinajstić information content (AvgIpc) is 2.79. The first kappa shape index (κ1) is 24.7. The Kier molecular flexibility index (Phi) is 7.98. The molecule has 1 rings (SSSR count). The van der Waals surface area contributed by atoms with Gasteiger partial charge < -0.3 is 0 Å². The van der Waals surface area contributed by atoms with E-state index >= 15 is 0 Å². The van der Waals surface area contributed by atoms with E-state index in [1.807, 2.05) is 0 Å². The van der Waals surface area contributed by atoms with Crippen LogP contribution in [0, 0.1) is 44.8 Å². The van der Waals surface area contributed by atoms with Crippen LogP contribution in [0.4, 0.5) is 0 Å². The number of rotatable bonds is 7. The van der Waals surface area contributed by atoms with Crippen molar-refractivity contribution in [3.8, 4) is 6.07 Å². The molecule has 158 valence electrons. The highest BCUT2D eigenvalue weighted by Crippen LogP contribution is 2.54. The Balaban J connectivity index is 3.27. The van der Waals surface area contributed by atoms with Gasteiger partial charge in [-0.25, -0.2) is 0 Å². The zero-order valence-corrected chi connectivity index (χ0v) is 20.3. The van der Waals surface area contributed by atoms with Crippen LogP contribution in [0.1, 0.15) is 94.9 Å². The number of allylic oxidation sites excluding steroid dienone is 6. The summed E-state index contributed by atoms with van der Waals surface area (Å²) in [6.07, 6.45) is 15.6. The molecular formula is C27H45N. The molecule has 1 aliphatic carbocycles. The van der Waals surface area contributed by atoms with Gasteiger partial charge in [0.1, 0.15) is 0 Å². The van der Waals surface area contributed by atoms with Crippen LogP contribution in [0.5, 0.6) is 0 Å². The van der Waals surface area contributed by atoms with E-state index in [1.54, 1.807) is 0 Å². The predicted octanol–water partition coefficient (Wildman–Crippen LogP) is 8.50. The molecule has 2 atom stereocenters. The molecule has 0 aromatic carbocycles. The van der Waals surface area contributed by atoms with Crippen molar-refractivity contribution in [2.24, 2.45) is 33.5 Å². The molecule has 1 nitrogen and oxygen atoms in total. The van der Waals surface area contributed by atoms with Gasteiger partial charge in [0.05, 0.1) is 12.0 Å². The van der Waals surface area contributed by atoms with E-state index in [2.05, 4.69) is 106 Å². The van der Waals surface area contributed by atoms with Crippen LogP contribution in [0.2, 0.25) is 0 Å². The van der Waals surface area contributed by atoms with E-state index in [1.165, 1.54) is 18.4 Å². The fraction of sp³-hybridized carbons (Fsp3) is 0.741. The SMILES string of the molecule is CC(C)(C)CCC(C1=CCC=CC=C1)C(C)(C)C(C)(C)CC(C#N)C(C)(C)C. The van der Waals surface area contributed by atoms with Crippen LogP contribution in [0.15, 0.2) is 36.0 Å². The zero-order valence-electron chi connectivity index (χ0n) is 20.3. The fourth-order valence-electron chi connectivity index (χ4n) is 4.17. The molecule has 28 heavy (non-hydrogen) atoms. The molecule has 0 heterocycles. The lowest BCUT2D eigenvalue weighted by Gasteiger charge is -2.50. The Hall–Kier alpha value is -1.29. The van der Waals surface area contributed by atoms with Crippen molar-refractivity contribution in [2.45, 2.75) is 94.9 Å². The summed E-state index contributed by atoms with van der Waals surface area (Å²) in [5, 5.41) is 9.84. The summed E-state index contributed by atoms with van der Waals surface area (Å²) in [7, 11) is 0. The lowest BCUT2D eigenvalue weighted by molar-refractivity contribution is 0.0184. The van der Waals surface area contributed by atoms with Gasteiger partial charge in [-0.2, -0.15) is 5.26 Å². The summed E-state index contributed by atoms with van der Waals surface area (Å²) in [6, 6.07) is 2.62. The molecule has 0 N–H and O–H groups in total. The number of hydrogen-bond acceptors (Lipinski definition) is 1. The summed E-state index contributed by atoms with van der Waals surface area (Å²) >= 11 is 0. The first-order chi connectivity index (χ1) is 12.6. The third-order valence-electron chi connectivity index (χ3n) is 7.14. The summed E-state index contributed by atoms with van der Waals surface area (Å²) in [5.74, 6) is 0.544. The van der Waals surface area contributed by atoms with Crippen LogP contribution in [-0.2, 0) is 0 Å². The molecule has 1 heteroatoms. The number of nitriles is 1. The number of nitrogens with zero attached hydrogens (tertiary/aromatic N) is 1. The Morgan fingerprint density at radius 1 is 0.964 bits per heavy atom. The maximum atomic E-state index is 9.84. The molecule has 2 unspecified atom stereocenters. The quantitative estimate of drug-likeness (QED) is 0.432. The number of hydrogen-bond donors (Lipinski definition) is 0. The van der Waals surface area contributed by atoms with E-state index in [9.17, 15) is 5.26 Å². The van der Waals surface area contributed by atoms with E-state index in [-0.39, 0.29) is 22.2 Å². The van der Waals surface area contributed by atoms with Gasteiger partial charge in [0.15, 0.2) is 0 Å². The van der Waals surface area contributed by atoms with Crippen molar-refractivity contribution >= 4 is 0 Å². The first-order valence-electron chi connectivity index (χ1n) is 11.0. The summed E-state index contributed by atoms with van der Waals surface area (Å²) in [6.45, 7) is 23.2. The van der Waals surface area contributed by atoms with Gasteiger partial charge in [0.25, 0.3) is 0 Å². The molecule has 0 spiro atoms. The van der Waals surface area contributed by atoms with Crippen LogP contribution in [-0.4, -0.2) is 0 Å². The van der Waals surface area contributed by atoms with Crippen molar-refractivity contribution in [3.63, 3.8) is 0 Å². The average molecular weight is 384 g/mol. The summed E-state index contributed by atoms with van der Waals surface area (Å²) in [4.78, 5) is 0. The highest BCUT2D eigenvalue weighted by molar-refractivity contribution is 5.30. The Morgan fingerprint density at radius 2 is 1.57 bits per heavy atom. The van der Waals surface area contributed by atoms with Gasteiger partial charge in [-0.3, -0.25) is 0 Å². The monoisotopic (exact) mass is 383 g/mol. The van der Waals surface area contributed by atoms with Gasteiger partial charge in [-0.05, 0) is 58.8 Å². The largest absolute Gasteiger partial charge is 0.198 e. The van der Waals surface area contributed by atoms with Crippen molar-refractivity contribution in [2.75, 3.05) is 0 Å². The lowest BCUT2D eigenvalue weighted by Crippen LogP contribution is -2.42. The lowest BCUT2D eigenvalue weighted by atomic mass is 9.54. The molecule has 0 saturated heterocycles. The maximum Gasteiger partial charge on any atom is 0.0661 e. The summed E-state index contributed by atoms with van der Waals surface area (Å²) < 4.78 is 0. The van der Waals surface area contributed by atoms with Crippen LogP contribution in [0.25, 0.3) is 0 Å². The Morgan fingerprint density at radius 3 is 2.07 bits per heavy atom. The molecule has 0 aliphatic heterocycles. The minimum absolute atomic E-state index is 0.00835. The highest BCUT2D eigenvalue weighted by Gasteiger charge is 2.46. The van der Waals surface area contributed by atoms with E-state index in [0.29, 0.717) is 11.3 Å². The highest BCUT2D eigenvalue weighted by atomic mass is 14.5. The minimum Gasteiger partial charge on any atom is -0.198 e. The van der Waals surface area contributed by atoms with Crippen LogP contribution < -0.4 is 0 Å². The van der Waals surface area contributed by atoms with Gasteiger partial charge in [0.2, 0.25) is 0 Å². The van der Waals surface area contributed by atoms with Crippen molar-refractivity contribution in [1.82, 2.24) is 0 Å². The van der Waals surface area contributed by atoms with Gasteiger partial charge >= 0.3 is 0 Å². The van der Waals surface area contributed by atoms with Gasteiger partial charge in [-0.15, -0.1) is 0 Å². The smallest absolute Gasteiger partial charge is 0.0661 e. The fourth-order valence-corrected chi connectivity index (χ4v) is 4.17. The first-order valence-corrected chi connectivity index (χ1v) is 11.0. The molecule has 0 radical (unpaired) electrons. The van der Waals surface area contributed by atoms with Crippen LogP contribution >= 0.6 is 0 Å². The summed E-state index contributed by atoms with van der Waals surface area (Å²) in [5.41, 5.74) is 1.94. The standard InChI is InChI=1S/C27H45N/c1-24(2,3)18-17-23(21-15-13-11-12-14-16-21)27(9,10)26(7,8)19-22(20-28)25(4,5)6/h11-13,15-16,22-23H,14,17-19H2,1-10H3. The predicted molar refractivity (Wildman–Crippen MR) is 124 cm³/mol. The molecule has 0 fully saturated rings. The normalized spacial score (nSPS) is 18.2. The van der Waals surface area contributed by atoms with Crippen molar-refractivity contribution in [3.05, 3.63) is 36.0 Å². The second-order valence-corrected chi connectivity index (χ2v) is 12.2. The molecule has 1 aliphatic rings. The zero-order chi connectivity index (χ0) is 21.8. The third-order valence-corrected chi connectivity index (χ3v) is 7.14. The van der Waals surface area contributed by atoms with Gasteiger partial charge in [0, 0.05) is 0 Å². The van der Waals surface area contributed by atoms with E-state index in [0.717, 1.165) is 12.8 Å². The van der Waals surface area contributed by atoms with E-state index < -0.39 is 0 Å². The van der Waals surface area contributed by atoms with Crippen molar-refractivity contribution < 1.29 is 0 Å². The second-order valence-electron chi connectivity index (χ2n) is 12.2. The maximum absolute atomic E-state index is 9.84. The molecule has 0 saturated carbocycles. The minimum atomic E-state index is 0.00835.